The van der Waals surface area contributed by atoms with Gasteiger partial charge in [-0.15, -0.1) is 0 Å². The molecule has 0 saturated heterocycles. The van der Waals surface area contributed by atoms with Gasteiger partial charge in [0.05, 0.1) is 6.21 Å². The van der Waals surface area contributed by atoms with Gasteiger partial charge in [0.15, 0.2) is 6.61 Å². The molecule has 8 nitrogen and oxygen atoms in total. The number of nitrogens with one attached hydrogen (secondary N) is 3. The predicted molar refractivity (Wildman–Crippen MR) is 132 cm³/mol. The van der Waals surface area contributed by atoms with Crippen LogP contribution >= 0.6 is 0 Å². The Hall–Kier alpha value is -4.46. The average molecular weight is 459 g/mol. The van der Waals surface area contributed by atoms with Crippen molar-refractivity contribution in [1.82, 2.24) is 5.43 Å². The Morgan fingerprint density at radius 2 is 1.62 bits per heavy atom. The first-order valence-corrected chi connectivity index (χ1v) is 10.6. The fourth-order valence-electron chi connectivity index (χ4n) is 2.96. The molecule has 3 aromatic rings. The first kappa shape index (κ1) is 24.2. The molecule has 0 spiro atoms. The number of carbonyl (C=O) groups is 3. The number of nitrogens with zero attached hydrogens (tertiary/aromatic N) is 1. The molecule has 0 saturated carbocycles. The second kappa shape index (κ2) is 11.4. The van der Waals surface area contributed by atoms with E-state index in [1.54, 1.807) is 36.4 Å². The topological polar surface area (TPSA) is 109 Å². The van der Waals surface area contributed by atoms with Crippen molar-refractivity contribution in [2.45, 2.75) is 20.8 Å². The van der Waals surface area contributed by atoms with Gasteiger partial charge in [-0.3, -0.25) is 14.4 Å². The molecular formula is C26H26N4O4. The van der Waals surface area contributed by atoms with Gasteiger partial charge in [0, 0.05) is 11.4 Å². The zero-order valence-electron chi connectivity index (χ0n) is 19.2. The van der Waals surface area contributed by atoms with Crippen LogP contribution < -0.4 is 20.8 Å². The fourth-order valence-corrected chi connectivity index (χ4v) is 2.96. The monoisotopic (exact) mass is 458 g/mol. The number of aryl methyl sites for hydroxylation is 3. The van der Waals surface area contributed by atoms with E-state index in [0.29, 0.717) is 22.7 Å². The summed E-state index contributed by atoms with van der Waals surface area (Å²) in [4.78, 5) is 36.2. The lowest BCUT2D eigenvalue weighted by Crippen LogP contribution is -2.32. The molecule has 0 fully saturated rings. The van der Waals surface area contributed by atoms with E-state index in [1.807, 2.05) is 51.1 Å². The lowest BCUT2D eigenvalue weighted by molar-refractivity contribution is -0.136. The molecule has 3 rings (SSSR count). The molecule has 8 heteroatoms. The standard InChI is InChI=1S/C26H26N4O4/c1-17-11-12-21(13-19(17)3)28-24(31)16-34-22-9-6-8-20(14-22)15-27-30-26(33)25(32)29-23-10-5-4-7-18(23)2/h4-15H,16H2,1-3H3,(H,28,31)(H,29,32)(H,30,33)/b27-15-. The van der Waals surface area contributed by atoms with Gasteiger partial charge in [-0.1, -0.05) is 36.4 Å². The molecule has 0 aromatic heterocycles. The summed E-state index contributed by atoms with van der Waals surface area (Å²) in [6.07, 6.45) is 1.38. The molecule has 0 aliphatic heterocycles. The highest BCUT2D eigenvalue weighted by molar-refractivity contribution is 6.39. The van der Waals surface area contributed by atoms with Crippen molar-refractivity contribution in [1.29, 1.82) is 0 Å². The van der Waals surface area contributed by atoms with Crippen LogP contribution in [0.1, 0.15) is 22.3 Å². The zero-order chi connectivity index (χ0) is 24.5. The van der Waals surface area contributed by atoms with Gasteiger partial charge in [0.1, 0.15) is 5.75 Å². The quantitative estimate of drug-likeness (QED) is 0.285. The second-order valence-electron chi connectivity index (χ2n) is 7.68. The molecule has 0 unspecified atom stereocenters. The molecule has 174 valence electrons. The lowest BCUT2D eigenvalue weighted by atomic mass is 10.1. The minimum Gasteiger partial charge on any atom is -0.484 e. The smallest absolute Gasteiger partial charge is 0.329 e. The number of hydrogen-bond donors (Lipinski definition) is 3. The first-order chi connectivity index (χ1) is 16.3. The van der Waals surface area contributed by atoms with Gasteiger partial charge in [-0.25, -0.2) is 5.43 Å². The Morgan fingerprint density at radius 1 is 0.824 bits per heavy atom. The molecule has 3 amide bonds. The van der Waals surface area contributed by atoms with Crippen LogP contribution in [-0.4, -0.2) is 30.5 Å². The number of para-hydroxylation sites is 1. The second-order valence-corrected chi connectivity index (χ2v) is 7.68. The predicted octanol–water partition coefficient (Wildman–Crippen LogP) is 3.72. The Bertz CT molecular complexity index is 1240. The van der Waals surface area contributed by atoms with Crippen molar-refractivity contribution in [3.63, 3.8) is 0 Å². The van der Waals surface area contributed by atoms with Crippen molar-refractivity contribution >= 4 is 35.3 Å². The Balaban J connectivity index is 1.49. The van der Waals surface area contributed by atoms with Crippen LogP contribution in [0.2, 0.25) is 0 Å². The molecule has 0 aliphatic carbocycles. The van der Waals surface area contributed by atoms with E-state index in [4.69, 9.17) is 4.74 Å². The summed E-state index contributed by atoms with van der Waals surface area (Å²) in [5.74, 6) is -1.54. The Labute approximate surface area is 198 Å². The molecule has 0 aliphatic rings. The summed E-state index contributed by atoms with van der Waals surface area (Å²) in [5.41, 5.74) is 7.15. The van der Waals surface area contributed by atoms with Crippen LogP contribution in [0.5, 0.6) is 5.75 Å². The van der Waals surface area contributed by atoms with Crippen molar-refractivity contribution in [2.75, 3.05) is 17.2 Å². The largest absolute Gasteiger partial charge is 0.484 e. The zero-order valence-corrected chi connectivity index (χ0v) is 19.2. The highest BCUT2D eigenvalue weighted by Gasteiger charge is 2.13. The van der Waals surface area contributed by atoms with Crippen molar-refractivity contribution in [3.05, 3.63) is 89.0 Å². The van der Waals surface area contributed by atoms with Crippen LogP contribution in [0.25, 0.3) is 0 Å². The Kier molecular flexibility index (Phi) is 8.12. The molecule has 0 heterocycles. The van der Waals surface area contributed by atoms with Crippen molar-refractivity contribution in [3.8, 4) is 5.75 Å². The summed E-state index contributed by atoms with van der Waals surface area (Å²) in [6.45, 7) is 5.65. The van der Waals surface area contributed by atoms with E-state index >= 15 is 0 Å². The maximum Gasteiger partial charge on any atom is 0.329 e. The lowest BCUT2D eigenvalue weighted by Gasteiger charge is -2.09. The highest BCUT2D eigenvalue weighted by Crippen LogP contribution is 2.15. The number of carbonyl (C=O) groups excluding carboxylic acids is 3. The maximum atomic E-state index is 12.2. The van der Waals surface area contributed by atoms with Gasteiger partial charge in [-0.2, -0.15) is 5.10 Å². The van der Waals surface area contributed by atoms with Crippen molar-refractivity contribution < 1.29 is 19.1 Å². The minimum absolute atomic E-state index is 0.163. The fraction of sp³-hybridized carbons (Fsp3) is 0.154. The number of hydrazone groups is 1. The molecule has 0 atom stereocenters. The number of hydrogen-bond acceptors (Lipinski definition) is 5. The highest BCUT2D eigenvalue weighted by atomic mass is 16.5. The molecule has 0 bridgehead atoms. The number of rotatable bonds is 7. The van der Waals surface area contributed by atoms with E-state index < -0.39 is 11.8 Å². The molecule has 3 aromatic carbocycles. The van der Waals surface area contributed by atoms with E-state index in [9.17, 15) is 14.4 Å². The van der Waals surface area contributed by atoms with Gasteiger partial charge < -0.3 is 15.4 Å². The molecule has 34 heavy (non-hydrogen) atoms. The van der Waals surface area contributed by atoms with Crippen LogP contribution in [-0.2, 0) is 14.4 Å². The van der Waals surface area contributed by atoms with Crippen LogP contribution in [0.15, 0.2) is 71.8 Å². The van der Waals surface area contributed by atoms with Crippen LogP contribution in [0.3, 0.4) is 0 Å². The van der Waals surface area contributed by atoms with Crippen molar-refractivity contribution in [2.24, 2.45) is 5.10 Å². The number of benzene rings is 3. The van der Waals surface area contributed by atoms with Crippen LogP contribution in [0, 0.1) is 20.8 Å². The first-order valence-electron chi connectivity index (χ1n) is 10.6. The summed E-state index contributed by atoms with van der Waals surface area (Å²) >= 11 is 0. The summed E-state index contributed by atoms with van der Waals surface area (Å²) in [7, 11) is 0. The number of amides is 3. The van der Waals surface area contributed by atoms with E-state index in [-0.39, 0.29) is 12.5 Å². The van der Waals surface area contributed by atoms with E-state index in [0.717, 1.165) is 16.7 Å². The minimum atomic E-state index is -0.894. The van der Waals surface area contributed by atoms with Gasteiger partial charge in [0.2, 0.25) is 0 Å². The number of ether oxygens (including phenoxy) is 1. The number of anilines is 2. The third kappa shape index (κ3) is 7.03. The van der Waals surface area contributed by atoms with Crippen LogP contribution in [0.4, 0.5) is 11.4 Å². The van der Waals surface area contributed by atoms with Gasteiger partial charge >= 0.3 is 11.8 Å². The Morgan fingerprint density at radius 3 is 2.38 bits per heavy atom. The normalized spacial score (nSPS) is 10.6. The third-order valence-electron chi connectivity index (χ3n) is 5.00. The molecule has 0 radical (unpaired) electrons. The third-order valence-corrected chi connectivity index (χ3v) is 5.00. The summed E-state index contributed by atoms with van der Waals surface area (Å²) < 4.78 is 5.55. The summed E-state index contributed by atoms with van der Waals surface area (Å²) in [6, 6.07) is 19.7. The van der Waals surface area contributed by atoms with E-state index in [2.05, 4.69) is 21.2 Å². The SMILES string of the molecule is Cc1ccc(NC(=O)COc2cccc(/C=N\NC(=O)C(=O)Nc3ccccc3C)c2)cc1C. The maximum absolute atomic E-state index is 12.2. The summed E-state index contributed by atoms with van der Waals surface area (Å²) in [5, 5.41) is 9.15. The molecule has 3 N–H and O–H groups in total. The van der Waals surface area contributed by atoms with Gasteiger partial charge in [0.25, 0.3) is 5.91 Å². The van der Waals surface area contributed by atoms with Gasteiger partial charge in [-0.05, 0) is 73.4 Å². The average Bonchev–Trinajstić information content (AvgIpc) is 2.82. The molecular weight excluding hydrogens is 432 g/mol. The van der Waals surface area contributed by atoms with E-state index in [1.165, 1.54) is 6.21 Å².